The first-order chi connectivity index (χ1) is 11.4. The topological polar surface area (TPSA) is 84.7 Å². The van der Waals surface area contributed by atoms with Gasteiger partial charge in [0.05, 0.1) is 5.56 Å². The Labute approximate surface area is 134 Å². The number of amides is 1. The quantitative estimate of drug-likeness (QED) is 0.772. The summed E-state index contributed by atoms with van der Waals surface area (Å²) in [5.74, 6) is -0.822. The number of primary amides is 1. The lowest BCUT2D eigenvalue weighted by molar-refractivity contribution is -0.137. The molecule has 0 atom stereocenters. The van der Waals surface area contributed by atoms with E-state index in [9.17, 15) is 18.0 Å². The molecule has 1 aromatic heterocycles. The number of H-pyrrole nitrogens is 1. The predicted molar refractivity (Wildman–Crippen MR) is 80.8 cm³/mol. The van der Waals surface area contributed by atoms with E-state index in [0.29, 0.717) is 5.56 Å². The highest BCUT2D eigenvalue weighted by atomic mass is 19.4. The second-order valence-corrected chi connectivity index (χ2v) is 4.97. The lowest BCUT2D eigenvalue weighted by atomic mass is 9.93. The van der Waals surface area contributed by atoms with E-state index in [0.717, 1.165) is 6.07 Å². The molecule has 1 heterocycles. The maximum atomic E-state index is 13.3. The lowest BCUT2D eigenvalue weighted by Crippen LogP contribution is -2.13. The normalized spacial score (nSPS) is 11.5. The minimum atomic E-state index is -4.51. The number of carbonyl (C=O) groups is 1. The molecule has 0 saturated carbocycles. The van der Waals surface area contributed by atoms with Crippen molar-refractivity contribution in [1.82, 2.24) is 15.4 Å². The monoisotopic (exact) mass is 332 g/mol. The van der Waals surface area contributed by atoms with Crippen LogP contribution in [0, 0.1) is 0 Å². The number of alkyl halides is 3. The number of nitrogens with two attached hydrogens (primary N) is 1. The molecule has 8 heteroatoms. The maximum Gasteiger partial charge on any atom is 0.417 e. The van der Waals surface area contributed by atoms with Gasteiger partial charge in [-0.15, -0.1) is 0 Å². The van der Waals surface area contributed by atoms with Gasteiger partial charge in [0.2, 0.25) is 0 Å². The summed E-state index contributed by atoms with van der Waals surface area (Å²) in [4.78, 5) is 11.4. The lowest BCUT2D eigenvalue weighted by Gasteiger charge is -2.15. The molecule has 122 valence electrons. The van der Waals surface area contributed by atoms with Crippen LogP contribution in [0.15, 0.2) is 48.5 Å². The van der Waals surface area contributed by atoms with Crippen LogP contribution in [0.25, 0.3) is 22.4 Å². The molecular formula is C16H11F3N4O. The summed E-state index contributed by atoms with van der Waals surface area (Å²) in [5, 5.41) is 9.81. The van der Waals surface area contributed by atoms with Crippen molar-refractivity contribution in [2.75, 3.05) is 0 Å². The number of halogens is 3. The molecule has 3 N–H and O–H groups in total. The van der Waals surface area contributed by atoms with Crippen molar-refractivity contribution < 1.29 is 18.0 Å². The van der Waals surface area contributed by atoms with Gasteiger partial charge in [0.25, 0.3) is 5.91 Å². The van der Waals surface area contributed by atoms with Crippen LogP contribution in [-0.2, 0) is 6.18 Å². The third kappa shape index (κ3) is 2.73. The number of aromatic nitrogens is 3. The Morgan fingerprint density at radius 1 is 0.917 bits per heavy atom. The van der Waals surface area contributed by atoms with Crippen LogP contribution in [0.1, 0.15) is 16.1 Å². The number of hydrogen-bond acceptors (Lipinski definition) is 3. The van der Waals surface area contributed by atoms with E-state index in [1.807, 2.05) is 0 Å². The van der Waals surface area contributed by atoms with Crippen molar-refractivity contribution in [2.24, 2.45) is 5.73 Å². The van der Waals surface area contributed by atoms with E-state index in [2.05, 4.69) is 15.4 Å². The number of aromatic amines is 1. The summed E-state index contributed by atoms with van der Waals surface area (Å²) in [7, 11) is 0. The molecule has 0 bridgehead atoms. The molecule has 0 aliphatic carbocycles. The van der Waals surface area contributed by atoms with Gasteiger partial charge >= 0.3 is 6.18 Å². The molecule has 2 aromatic carbocycles. The molecule has 0 aliphatic heterocycles. The average Bonchev–Trinajstić information content (AvgIpc) is 3.04. The molecule has 3 aromatic rings. The second-order valence-electron chi connectivity index (χ2n) is 4.97. The molecule has 0 unspecified atom stereocenters. The van der Waals surface area contributed by atoms with Crippen molar-refractivity contribution in [2.45, 2.75) is 6.18 Å². The summed E-state index contributed by atoms with van der Waals surface area (Å²) in [6, 6.07) is 11.5. The van der Waals surface area contributed by atoms with Crippen LogP contribution in [0.4, 0.5) is 13.2 Å². The minimum absolute atomic E-state index is 0.0148. The molecule has 24 heavy (non-hydrogen) atoms. The number of benzene rings is 2. The number of hydrogen-bond donors (Lipinski definition) is 2. The highest BCUT2D eigenvalue weighted by Gasteiger charge is 2.34. The summed E-state index contributed by atoms with van der Waals surface area (Å²) >= 11 is 0. The van der Waals surface area contributed by atoms with Crippen LogP contribution in [0.5, 0.6) is 0 Å². The smallest absolute Gasteiger partial charge is 0.364 e. The first-order valence-corrected chi connectivity index (χ1v) is 6.86. The summed E-state index contributed by atoms with van der Waals surface area (Å²) in [5.41, 5.74) is 5.04. The minimum Gasteiger partial charge on any atom is -0.364 e. The van der Waals surface area contributed by atoms with Gasteiger partial charge in [-0.25, -0.2) is 0 Å². The third-order valence-electron chi connectivity index (χ3n) is 3.49. The summed E-state index contributed by atoms with van der Waals surface area (Å²) in [6.45, 7) is 0. The van der Waals surface area contributed by atoms with Crippen LogP contribution in [-0.4, -0.2) is 21.3 Å². The summed E-state index contributed by atoms with van der Waals surface area (Å²) < 4.78 is 39.9. The largest absolute Gasteiger partial charge is 0.417 e. The molecule has 3 rings (SSSR count). The van der Waals surface area contributed by atoms with E-state index < -0.39 is 17.6 Å². The zero-order valence-electron chi connectivity index (χ0n) is 12.1. The Kier molecular flexibility index (Phi) is 3.80. The first kappa shape index (κ1) is 15.7. The highest BCUT2D eigenvalue weighted by molar-refractivity contribution is 5.99. The van der Waals surface area contributed by atoms with E-state index in [4.69, 9.17) is 5.73 Å². The van der Waals surface area contributed by atoms with Crippen molar-refractivity contribution in [3.05, 3.63) is 59.8 Å². The molecule has 0 aliphatic rings. The molecule has 1 amide bonds. The molecule has 0 radical (unpaired) electrons. The fraction of sp³-hybridized carbons (Fsp3) is 0.0625. The zero-order valence-corrected chi connectivity index (χ0v) is 12.1. The standard InChI is InChI=1S/C16H11F3N4O/c17-16(18,19)12-8-4-3-6-10(12)9-5-1-2-7-11(9)13-14(15(20)24)22-23-21-13/h1-8H,(H2,20,24)(H,21,22,23). The molecule has 0 saturated heterocycles. The van der Waals surface area contributed by atoms with Gasteiger partial charge in [0.1, 0.15) is 5.69 Å². The molecule has 0 fully saturated rings. The van der Waals surface area contributed by atoms with Gasteiger partial charge in [-0.05, 0) is 17.2 Å². The van der Waals surface area contributed by atoms with Crippen molar-refractivity contribution in [3.8, 4) is 22.4 Å². The Hall–Kier alpha value is -3.16. The van der Waals surface area contributed by atoms with E-state index >= 15 is 0 Å². The van der Waals surface area contributed by atoms with Crippen LogP contribution in [0.3, 0.4) is 0 Å². The highest BCUT2D eigenvalue weighted by Crippen LogP contribution is 2.40. The molecular weight excluding hydrogens is 321 g/mol. The number of nitrogens with zero attached hydrogens (tertiary/aromatic N) is 2. The van der Waals surface area contributed by atoms with Crippen molar-refractivity contribution in [1.29, 1.82) is 0 Å². The Balaban J connectivity index is 2.26. The summed E-state index contributed by atoms with van der Waals surface area (Å²) in [6.07, 6.45) is -4.51. The van der Waals surface area contributed by atoms with Gasteiger partial charge in [-0.1, -0.05) is 42.5 Å². The number of nitrogens with one attached hydrogen (secondary N) is 1. The third-order valence-corrected chi connectivity index (χ3v) is 3.49. The van der Waals surface area contributed by atoms with E-state index in [1.54, 1.807) is 18.2 Å². The van der Waals surface area contributed by atoms with Gasteiger partial charge < -0.3 is 5.73 Å². The fourth-order valence-electron chi connectivity index (χ4n) is 2.48. The van der Waals surface area contributed by atoms with Gasteiger partial charge in [-0.2, -0.15) is 28.6 Å². The zero-order chi connectivity index (χ0) is 17.3. The Morgan fingerprint density at radius 3 is 2.12 bits per heavy atom. The van der Waals surface area contributed by atoms with E-state index in [1.165, 1.54) is 24.3 Å². The van der Waals surface area contributed by atoms with Crippen LogP contribution >= 0.6 is 0 Å². The second kappa shape index (κ2) is 5.80. The van der Waals surface area contributed by atoms with Crippen molar-refractivity contribution >= 4 is 5.91 Å². The van der Waals surface area contributed by atoms with Crippen LogP contribution < -0.4 is 5.73 Å². The maximum absolute atomic E-state index is 13.3. The Bertz CT molecular complexity index is 902. The van der Waals surface area contributed by atoms with Gasteiger partial charge in [-0.3, -0.25) is 4.79 Å². The average molecular weight is 332 g/mol. The van der Waals surface area contributed by atoms with E-state index in [-0.39, 0.29) is 22.5 Å². The van der Waals surface area contributed by atoms with Gasteiger partial charge in [0, 0.05) is 5.56 Å². The number of rotatable bonds is 3. The van der Waals surface area contributed by atoms with Crippen LogP contribution in [0.2, 0.25) is 0 Å². The SMILES string of the molecule is NC(=O)c1n[nH]nc1-c1ccccc1-c1ccccc1C(F)(F)F. The molecule has 0 spiro atoms. The van der Waals surface area contributed by atoms with Crippen molar-refractivity contribution in [3.63, 3.8) is 0 Å². The number of carbonyl (C=O) groups excluding carboxylic acids is 1. The molecule has 5 nitrogen and oxygen atoms in total. The predicted octanol–water partition coefficient (Wildman–Crippen LogP) is 3.26. The Morgan fingerprint density at radius 2 is 1.50 bits per heavy atom. The first-order valence-electron chi connectivity index (χ1n) is 6.86. The fourth-order valence-corrected chi connectivity index (χ4v) is 2.48. The van der Waals surface area contributed by atoms with Gasteiger partial charge in [0.15, 0.2) is 5.69 Å².